The van der Waals surface area contributed by atoms with Crippen LogP contribution in [0.3, 0.4) is 0 Å². The van der Waals surface area contributed by atoms with E-state index >= 15 is 0 Å². The topological polar surface area (TPSA) is 70.6 Å². The number of benzene rings is 1. The van der Waals surface area contributed by atoms with E-state index in [-0.39, 0.29) is 10.6 Å². The van der Waals surface area contributed by atoms with Crippen LogP contribution in [0.5, 0.6) is 0 Å². The summed E-state index contributed by atoms with van der Waals surface area (Å²) in [6.45, 7) is 0.317. The van der Waals surface area contributed by atoms with Crippen molar-refractivity contribution in [3.63, 3.8) is 0 Å². The highest BCUT2D eigenvalue weighted by Crippen LogP contribution is 2.17. The minimum absolute atomic E-state index is 0.0139. The Morgan fingerprint density at radius 1 is 1.27 bits per heavy atom. The average Bonchev–Trinajstić information content (AvgIpc) is 2.99. The quantitative estimate of drug-likeness (QED) is 0.635. The van der Waals surface area contributed by atoms with E-state index in [0.717, 1.165) is 12.8 Å². The molecule has 0 unspecified atom stereocenters. The van der Waals surface area contributed by atoms with E-state index in [0.29, 0.717) is 23.6 Å². The Bertz CT molecular complexity index is 608. The monoisotopic (exact) mass is 343 g/mol. The maximum Gasteiger partial charge on any atom is 0.191 e. The number of halogens is 1. The van der Waals surface area contributed by atoms with Gasteiger partial charge in [0.1, 0.15) is 0 Å². The van der Waals surface area contributed by atoms with Gasteiger partial charge in [-0.15, -0.1) is 0 Å². The van der Waals surface area contributed by atoms with Crippen molar-refractivity contribution in [2.75, 3.05) is 19.3 Å². The molecule has 22 heavy (non-hydrogen) atoms. The average molecular weight is 344 g/mol. The lowest BCUT2D eigenvalue weighted by molar-refractivity contribution is 0.592. The molecule has 0 atom stereocenters. The predicted molar refractivity (Wildman–Crippen MR) is 90.3 cm³/mol. The molecule has 5 nitrogen and oxygen atoms in total. The van der Waals surface area contributed by atoms with Crippen LogP contribution in [-0.4, -0.2) is 39.8 Å². The molecule has 0 heterocycles. The molecule has 1 fully saturated rings. The maximum atomic E-state index is 12.2. The van der Waals surface area contributed by atoms with Crippen molar-refractivity contribution < 1.29 is 8.42 Å². The number of sulfone groups is 1. The minimum atomic E-state index is -3.31. The van der Waals surface area contributed by atoms with Gasteiger partial charge < -0.3 is 10.6 Å². The maximum absolute atomic E-state index is 12.2. The van der Waals surface area contributed by atoms with Crippen LogP contribution in [-0.2, 0) is 9.84 Å². The largest absolute Gasteiger partial charge is 0.355 e. The van der Waals surface area contributed by atoms with Crippen LogP contribution in [0, 0.1) is 0 Å². The van der Waals surface area contributed by atoms with E-state index in [1.165, 1.54) is 25.0 Å². The minimum Gasteiger partial charge on any atom is -0.355 e. The molecular formula is C15H22ClN3O2S. The van der Waals surface area contributed by atoms with Crippen LogP contribution < -0.4 is 10.6 Å². The Hall–Kier alpha value is -1.27. The highest BCUT2D eigenvalue weighted by atomic mass is 35.5. The van der Waals surface area contributed by atoms with Crippen LogP contribution in [0.1, 0.15) is 25.7 Å². The van der Waals surface area contributed by atoms with Crippen LogP contribution in [0.25, 0.3) is 0 Å². The zero-order chi connectivity index (χ0) is 16.0. The smallest absolute Gasteiger partial charge is 0.191 e. The summed E-state index contributed by atoms with van der Waals surface area (Å²) in [5.41, 5.74) is 0. The van der Waals surface area contributed by atoms with Crippen molar-refractivity contribution in [1.82, 2.24) is 10.6 Å². The summed E-state index contributed by atoms with van der Waals surface area (Å²) in [7, 11) is -1.62. The van der Waals surface area contributed by atoms with E-state index in [9.17, 15) is 8.42 Å². The van der Waals surface area contributed by atoms with Crippen molar-refractivity contribution in [3.05, 3.63) is 29.3 Å². The first-order chi connectivity index (χ1) is 10.5. The van der Waals surface area contributed by atoms with Crippen LogP contribution in [0.2, 0.25) is 5.02 Å². The Labute approximate surface area is 137 Å². The van der Waals surface area contributed by atoms with Gasteiger partial charge >= 0.3 is 0 Å². The molecule has 0 bridgehead atoms. The standard InChI is InChI=1S/C15H22ClN3O2S/c1-17-15(19-13-4-2-3-5-13)18-10-11-22(20,21)14-8-6-12(16)7-9-14/h6-9,13H,2-5,10-11H2,1H3,(H2,17,18,19). The number of aliphatic imine (C=N–C) groups is 1. The fourth-order valence-electron chi connectivity index (χ4n) is 2.52. The van der Waals surface area contributed by atoms with Crippen molar-refractivity contribution in [2.45, 2.75) is 36.6 Å². The third-order valence-electron chi connectivity index (χ3n) is 3.76. The number of rotatable bonds is 5. The van der Waals surface area contributed by atoms with Gasteiger partial charge in [-0.05, 0) is 37.1 Å². The number of nitrogens with zero attached hydrogens (tertiary/aromatic N) is 1. The van der Waals surface area contributed by atoms with Crippen molar-refractivity contribution in [2.24, 2.45) is 4.99 Å². The highest BCUT2D eigenvalue weighted by Gasteiger charge is 2.17. The van der Waals surface area contributed by atoms with E-state index in [1.807, 2.05) is 0 Å². The van der Waals surface area contributed by atoms with Gasteiger partial charge in [-0.3, -0.25) is 4.99 Å². The van der Waals surface area contributed by atoms with Crippen molar-refractivity contribution >= 4 is 27.4 Å². The molecule has 0 radical (unpaired) electrons. The molecule has 0 spiro atoms. The number of guanidine groups is 1. The molecule has 2 rings (SSSR count). The van der Waals surface area contributed by atoms with E-state index in [2.05, 4.69) is 15.6 Å². The zero-order valence-corrected chi connectivity index (χ0v) is 14.3. The third kappa shape index (κ3) is 4.88. The predicted octanol–water partition coefficient (Wildman–Crippen LogP) is 2.22. The summed E-state index contributed by atoms with van der Waals surface area (Å²) in [4.78, 5) is 4.43. The Kier molecular flexibility index (Phi) is 6.08. The Balaban J connectivity index is 1.84. The van der Waals surface area contributed by atoms with Crippen molar-refractivity contribution in [3.8, 4) is 0 Å². The summed E-state index contributed by atoms with van der Waals surface area (Å²) in [5.74, 6) is 0.679. The fraction of sp³-hybridized carbons (Fsp3) is 0.533. The number of hydrogen-bond acceptors (Lipinski definition) is 3. The molecule has 1 aromatic carbocycles. The first-order valence-corrected chi connectivity index (χ1v) is 9.50. The van der Waals surface area contributed by atoms with Crippen molar-refractivity contribution in [1.29, 1.82) is 0 Å². The van der Waals surface area contributed by atoms with Crippen LogP contribution in [0.15, 0.2) is 34.2 Å². The number of hydrogen-bond donors (Lipinski definition) is 2. The van der Waals surface area contributed by atoms with Gasteiger partial charge in [0, 0.05) is 24.7 Å². The molecule has 7 heteroatoms. The molecule has 0 aromatic heterocycles. The first-order valence-electron chi connectivity index (χ1n) is 7.47. The van der Waals surface area contributed by atoms with Gasteiger partial charge in [0.05, 0.1) is 10.6 Å². The van der Waals surface area contributed by atoms with Gasteiger partial charge in [0.2, 0.25) is 0 Å². The molecule has 0 amide bonds. The van der Waals surface area contributed by atoms with Gasteiger partial charge in [0.25, 0.3) is 0 Å². The van der Waals surface area contributed by atoms with E-state index < -0.39 is 9.84 Å². The summed E-state index contributed by atoms with van der Waals surface area (Å²) in [5, 5.41) is 6.92. The lowest BCUT2D eigenvalue weighted by Gasteiger charge is -2.16. The molecule has 0 aliphatic heterocycles. The first kappa shape index (κ1) is 17.1. The van der Waals surface area contributed by atoms with E-state index in [1.54, 1.807) is 19.2 Å². The van der Waals surface area contributed by atoms with Gasteiger partial charge in [-0.2, -0.15) is 0 Å². The summed E-state index contributed by atoms with van der Waals surface area (Å²) in [6.07, 6.45) is 4.76. The second-order valence-electron chi connectivity index (χ2n) is 5.40. The third-order valence-corrected chi connectivity index (χ3v) is 5.74. The van der Waals surface area contributed by atoms with Gasteiger partial charge in [0.15, 0.2) is 15.8 Å². The van der Waals surface area contributed by atoms with E-state index in [4.69, 9.17) is 11.6 Å². The summed E-state index contributed by atoms with van der Waals surface area (Å²) < 4.78 is 24.4. The second kappa shape index (κ2) is 7.83. The Morgan fingerprint density at radius 2 is 1.91 bits per heavy atom. The Morgan fingerprint density at radius 3 is 2.50 bits per heavy atom. The highest BCUT2D eigenvalue weighted by molar-refractivity contribution is 7.91. The molecule has 1 aromatic rings. The van der Waals surface area contributed by atoms with Crippen LogP contribution >= 0.6 is 11.6 Å². The summed E-state index contributed by atoms with van der Waals surface area (Å²) >= 11 is 5.78. The fourth-order valence-corrected chi connectivity index (χ4v) is 3.80. The van der Waals surface area contributed by atoms with Gasteiger partial charge in [-0.1, -0.05) is 24.4 Å². The molecule has 2 N–H and O–H groups in total. The molecule has 0 saturated heterocycles. The SMILES string of the molecule is CN=C(NCCS(=O)(=O)c1ccc(Cl)cc1)NC1CCCC1. The number of nitrogens with one attached hydrogen (secondary N) is 2. The summed E-state index contributed by atoms with van der Waals surface area (Å²) in [6, 6.07) is 6.68. The van der Waals surface area contributed by atoms with Gasteiger partial charge in [-0.25, -0.2) is 8.42 Å². The second-order valence-corrected chi connectivity index (χ2v) is 7.94. The molecular weight excluding hydrogens is 322 g/mol. The normalized spacial score (nSPS) is 16.7. The van der Waals surface area contributed by atoms with Crippen LogP contribution in [0.4, 0.5) is 0 Å². The zero-order valence-electron chi connectivity index (χ0n) is 12.7. The lowest BCUT2D eigenvalue weighted by atomic mass is 10.2. The molecule has 122 valence electrons. The molecule has 1 saturated carbocycles. The molecule has 1 aliphatic carbocycles. The molecule has 1 aliphatic rings. The lowest BCUT2D eigenvalue weighted by Crippen LogP contribution is -2.43.